The minimum absolute atomic E-state index is 0.148. The Labute approximate surface area is 208 Å². The van der Waals surface area contributed by atoms with E-state index in [1.54, 1.807) is 11.3 Å². The summed E-state index contributed by atoms with van der Waals surface area (Å²) in [6.07, 6.45) is 4.21. The van der Waals surface area contributed by atoms with E-state index < -0.39 is 0 Å². The predicted octanol–water partition coefficient (Wildman–Crippen LogP) is 4.81. The van der Waals surface area contributed by atoms with Crippen LogP contribution in [0.4, 0.5) is 11.4 Å². The molecule has 3 heterocycles. The summed E-state index contributed by atoms with van der Waals surface area (Å²) in [4.78, 5) is 16.9. The SMILES string of the molecule is Nc1ccc(-c2cccs2)cc1NC(=O)c1cc(C2CC2)c2c(cnn2CCN2CCOCC2)c1. The number of hydrogen-bond acceptors (Lipinski definition) is 6. The van der Waals surface area contributed by atoms with E-state index in [4.69, 9.17) is 15.6 Å². The van der Waals surface area contributed by atoms with E-state index in [2.05, 4.69) is 27.0 Å². The number of rotatable bonds is 7. The smallest absolute Gasteiger partial charge is 0.255 e. The van der Waals surface area contributed by atoms with Crippen LogP contribution in [0.2, 0.25) is 0 Å². The van der Waals surface area contributed by atoms with Gasteiger partial charge in [0.25, 0.3) is 5.91 Å². The summed E-state index contributed by atoms with van der Waals surface area (Å²) >= 11 is 1.66. The first-order chi connectivity index (χ1) is 17.2. The first kappa shape index (κ1) is 22.3. The van der Waals surface area contributed by atoms with Gasteiger partial charge in [0.15, 0.2) is 0 Å². The normalized spacial score (nSPS) is 16.6. The van der Waals surface area contributed by atoms with Gasteiger partial charge >= 0.3 is 0 Å². The van der Waals surface area contributed by atoms with Crippen LogP contribution in [-0.4, -0.2) is 53.4 Å². The molecule has 1 aliphatic heterocycles. The minimum Gasteiger partial charge on any atom is -0.397 e. The molecular formula is C27H29N5O2S. The number of fused-ring (bicyclic) bond motifs is 1. The molecule has 1 saturated carbocycles. The van der Waals surface area contributed by atoms with Gasteiger partial charge in [0.05, 0.1) is 42.8 Å². The van der Waals surface area contributed by atoms with Crippen molar-refractivity contribution >= 4 is 39.5 Å². The van der Waals surface area contributed by atoms with Crippen molar-refractivity contribution in [2.75, 3.05) is 43.9 Å². The van der Waals surface area contributed by atoms with E-state index in [0.717, 1.165) is 73.6 Å². The Morgan fingerprint density at radius 1 is 1.14 bits per heavy atom. The highest BCUT2D eigenvalue weighted by Gasteiger charge is 2.28. The summed E-state index contributed by atoms with van der Waals surface area (Å²) in [5.74, 6) is 0.348. The number of benzene rings is 2. The zero-order valence-electron chi connectivity index (χ0n) is 19.6. The topological polar surface area (TPSA) is 85.4 Å². The Balaban J connectivity index is 1.26. The van der Waals surface area contributed by atoms with E-state index in [-0.39, 0.29) is 5.91 Å². The van der Waals surface area contributed by atoms with Gasteiger partial charge in [-0.05, 0) is 65.6 Å². The highest BCUT2D eigenvalue weighted by atomic mass is 32.1. The van der Waals surface area contributed by atoms with Crippen molar-refractivity contribution in [3.05, 3.63) is 65.2 Å². The molecule has 2 fully saturated rings. The summed E-state index contributed by atoms with van der Waals surface area (Å²) in [5.41, 5.74) is 11.5. The highest BCUT2D eigenvalue weighted by molar-refractivity contribution is 7.13. The second-order valence-electron chi connectivity index (χ2n) is 9.33. The average molecular weight is 488 g/mol. The van der Waals surface area contributed by atoms with Gasteiger partial charge in [0.2, 0.25) is 0 Å². The molecule has 0 spiro atoms. The average Bonchev–Trinajstić information content (AvgIpc) is 3.42. The molecule has 6 rings (SSSR count). The van der Waals surface area contributed by atoms with Crippen LogP contribution >= 0.6 is 11.3 Å². The number of carbonyl (C=O) groups excluding carboxylic acids is 1. The summed E-state index contributed by atoms with van der Waals surface area (Å²) in [5, 5.41) is 10.8. The van der Waals surface area contributed by atoms with Crippen LogP contribution in [0.1, 0.15) is 34.7 Å². The third kappa shape index (κ3) is 4.69. The number of nitrogens with zero attached hydrogens (tertiary/aromatic N) is 3. The Morgan fingerprint density at radius 3 is 2.77 bits per heavy atom. The second-order valence-corrected chi connectivity index (χ2v) is 10.3. The molecule has 2 aromatic heterocycles. The van der Waals surface area contributed by atoms with Crippen molar-refractivity contribution in [2.24, 2.45) is 0 Å². The molecule has 8 heteroatoms. The van der Waals surface area contributed by atoms with Crippen LogP contribution in [-0.2, 0) is 11.3 Å². The second kappa shape index (κ2) is 9.45. The van der Waals surface area contributed by atoms with Crippen LogP contribution in [0, 0.1) is 0 Å². The Bertz CT molecular complexity index is 1350. The van der Waals surface area contributed by atoms with Gasteiger partial charge < -0.3 is 15.8 Å². The molecule has 2 aromatic carbocycles. The molecule has 1 aliphatic carbocycles. The van der Waals surface area contributed by atoms with Gasteiger partial charge in [-0.1, -0.05) is 12.1 Å². The third-order valence-corrected chi connectivity index (χ3v) is 7.80. The van der Waals surface area contributed by atoms with E-state index in [1.807, 2.05) is 41.9 Å². The minimum atomic E-state index is -0.148. The molecule has 0 atom stereocenters. The number of nitrogens with one attached hydrogen (secondary N) is 1. The van der Waals surface area contributed by atoms with Crippen molar-refractivity contribution in [2.45, 2.75) is 25.3 Å². The van der Waals surface area contributed by atoms with Gasteiger partial charge in [-0.15, -0.1) is 11.3 Å². The monoisotopic (exact) mass is 487 g/mol. The molecule has 4 aromatic rings. The van der Waals surface area contributed by atoms with E-state index >= 15 is 0 Å². The maximum Gasteiger partial charge on any atom is 0.255 e. The molecular weight excluding hydrogens is 458 g/mol. The number of nitrogen functional groups attached to an aromatic ring is 1. The largest absolute Gasteiger partial charge is 0.397 e. The number of anilines is 2. The fraction of sp³-hybridized carbons (Fsp3) is 0.333. The summed E-state index contributed by atoms with van der Waals surface area (Å²) < 4.78 is 7.58. The molecule has 3 N–H and O–H groups in total. The molecule has 35 heavy (non-hydrogen) atoms. The van der Waals surface area contributed by atoms with Crippen LogP contribution in [0.15, 0.2) is 54.0 Å². The zero-order valence-corrected chi connectivity index (χ0v) is 20.4. The Hall–Kier alpha value is -3.20. The van der Waals surface area contributed by atoms with Crippen molar-refractivity contribution in [1.29, 1.82) is 0 Å². The summed E-state index contributed by atoms with van der Waals surface area (Å²) in [6.45, 7) is 5.32. The molecule has 2 aliphatic rings. The van der Waals surface area contributed by atoms with Gasteiger partial charge in [0.1, 0.15) is 0 Å². The predicted molar refractivity (Wildman–Crippen MR) is 141 cm³/mol. The fourth-order valence-corrected chi connectivity index (χ4v) is 5.51. The van der Waals surface area contributed by atoms with E-state index in [9.17, 15) is 4.79 Å². The molecule has 7 nitrogen and oxygen atoms in total. The number of carbonyl (C=O) groups is 1. The Morgan fingerprint density at radius 2 is 2.00 bits per heavy atom. The van der Waals surface area contributed by atoms with Crippen LogP contribution in [0.25, 0.3) is 21.3 Å². The van der Waals surface area contributed by atoms with Crippen molar-refractivity contribution in [3.8, 4) is 10.4 Å². The number of aromatic nitrogens is 2. The number of nitrogens with two attached hydrogens (primary N) is 1. The summed E-state index contributed by atoms with van der Waals surface area (Å²) in [6, 6.07) is 13.9. The maximum atomic E-state index is 13.3. The highest BCUT2D eigenvalue weighted by Crippen LogP contribution is 2.43. The van der Waals surface area contributed by atoms with Gasteiger partial charge in [-0.3, -0.25) is 14.4 Å². The third-order valence-electron chi connectivity index (χ3n) is 6.88. The molecule has 0 unspecified atom stereocenters. The van der Waals surface area contributed by atoms with Crippen molar-refractivity contribution in [1.82, 2.24) is 14.7 Å². The van der Waals surface area contributed by atoms with Crippen molar-refractivity contribution < 1.29 is 9.53 Å². The van der Waals surface area contributed by atoms with Crippen LogP contribution in [0.5, 0.6) is 0 Å². The molecule has 1 amide bonds. The Kier molecular flexibility index (Phi) is 6.01. The fourth-order valence-electron chi connectivity index (χ4n) is 4.79. The molecule has 1 saturated heterocycles. The standard InChI is InChI=1S/C27H29N5O2S/c28-23-6-5-19(25-2-1-13-35-25)16-24(23)30-27(33)20-14-21-17-29-32(8-7-31-9-11-34-12-10-31)26(21)22(15-20)18-3-4-18/h1-2,5-6,13-18H,3-4,7-12,28H2,(H,30,33). The lowest BCUT2D eigenvalue weighted by atomic mass is 10.0. The first-order valence-corrected chi connectivity index (χ1v) is 13.1. The number of amides is 1. The first-order valence-electron chi connectivity index (χ1n) is 12.2. The lowest BCUT2D eigenvalue weighted by Gasteiger charge is -2.26. The summed E-state index contributed by atoms with van der Waals surface area (Å²) in [7, 11) is 0. The number of ether oxygens (including phenoxy) is 1. The lowest BCUT2D eigenvalue weighted by Crippen LogP contribution is -2.38. The van der Waals surface area contributed by atoms with Gasteiger partial charge in [-0.2, -0.15) is 5.10 Å². The quantitative estimate of drug-likeness (QED) is 0.366. The number of hydrogen-bond donors (Lipinski definition) is 2. The van der Waals surface area contributed by atoms with E-state index in [1.165, 1.54) is 5.56 Å². The number of thiophene rings is 1. The molecule has 0 bridgehead atoms. The molecule has 0 radical (unpaired) electrons. The van der Waals surface area contributed by atoms with Gasteiger partial charge in [0, 0.05) is 35.5 Å². The van der Waals surface area contributed by atoms with E-state index in [0.29, 0.717) is 22.9 Å². The maximum absolute atomic E-state index is 13.3. The van der Waals surface area contributed by atoms with Crippen LogP contribution < -0.4 is 11.1 Å². The lowest BCUT2D eigenvalue weighted by molar-refractivity contribution is 0.0361. The zero-order chi connectivity index (χ0) is 23.8. The van der Waals surface area contributed by atoms with Crippen LogP contribution in [0.3, 0.4) is 0 Å². The number of morpholine rings is 1. The molecule has 180 valence electrons. The van der Waals surface area contributed by atoms with Crippen molar-refractivity contribution in [3.63, 3.8) is 0 Å². The van der Waals surface area contributed by atoms with Gasteiger partial charge in [-0.25, -0.2) is 0 Å².